The van der Waals surface area contributed by atoms with E-state index in [1.807, 2.05) is 6.07 Å². The second-order valence-corrected chi connectivity index (χ2v) is 10.3. The zero-order valence-corrected chi connectivity index (χ0v) is 18.7. The Kier molecular flexibility index (Phi) is 7.12. The van der Waals surface area contributed by atoms with Crippen molar-refractivity contribution in [3.63, 3.8) is 0 Å². The Morgan fingerprint density at radius 2 is 1.68 bits per heavy atom. The van der Waals surface area contributed by atoms with Gasteiger partial charge in [-0.3, -0.25) is 9.59 Å². The molecule has 0 aliphatic carbocycles. The number of piperidine rings is 1. The highest BCUT2D eigenvalue weighted by molar-refractivity contribution is 7.89. The number of carbonyl (C=O) groups excluding carboxylic acids is 2. The molecule has 8 heteroatoms. The summed E-state index contributed by atoms with van der Waals surface area (Å²) < 4.78 is 27.5. The molecule has 2 unspecified atom stereocenters. The third-order valence-electron chi connectivity index (χ3n) is 5.50. The lowest BCUT2D eigenvalue weighted by molar-refractivity contribution is 0.0952. The van der Waals surface area contributed by atoms with Crippen LogP contribution in [0.5, 0.6) is 0 Å². The highest BCUT2D eigenvalue weighted by Gasteiger charge is 2.31. The molecule has 2 aromatic rings. The van der Waals surface area contributed by atoms with E-state index in [0.717, 1.165) is 12.0 Å². The highest BCUT2D eigenvalue weighted by Crippen LogP contribution is 2.26. The number of primary amides is 1. The molecule has 7 nitrogen and oxygen atoms in total. The summed E-state index contributed by atoms with van der Waals surface area (Å²) in [5, 5.41) is 2.81. The normalized spacial score (nSPS) is 19.7. The standard InChI is InChI=1S/C23H29N3O4S/c1-16-12-17(2)15-26(14-16)31(29,30)21-8-6-19(7-9-21)23(28)25-11-10-18-4-3-5-20(13-18)22(24)27/h3-9,13,16-17H,10-12,14-15H2,1-2H3,(H2,24,27)(H,25,28). The number of nitrogens with two attached hydrogens (primary N) is 1. The lowest BCUT2D eigenvalue weighted by atomic mass is 9.94. The van der Waals surface area contributed by atoms with Gasteiger partial charge in [-0.1, -0.05) is 26.0 Å². The molecule has 2 atom stereocenters. The Morgan fingerprint density at radius 3 is 2.29 bits per heavy atom. The number of nitrogens with one attached hydrogen (secondary N) is 1. The second-order valence-electron chi connectivity index (χ2n) is 8.36. The molecule has 1 aliphatic rings. The minimum absolute atomic E-state index is 0.202. The van der Waals surface area contributed by atoms with Gasteiger partial charge in [-0.25, -0.2) is 8.42 Å². The first-order valence-electron chi connectivity index (χ1n) is 10.4. The van der Waals surface area contributed by atoms with E-state index in [4.69, 9.17) is 5.73 Å². The number of amides is 2. The maximum atomic E-state index is 13.0. The number of sulfonamides is 1. The van der Waals surface area contributed by atoms with Gasteiger partial charge in [0.25, 0.3) is 5.91 Å². The van der Waals surface area contributed by atoms with Gasteiger partial charge in [0, 0.05) is 30.8 Å². The molecule has 3 N–H and O–H groups in total. The fourth-order valence-electron chi connectivity index (χ4n) is 4.03. The zero-order chi connectivity index (χ0) is 22.6. The predicted octanol–water partition coefficient (Wildman–Crippen LogP) is 2.42. The number of benzene rings is 2. The quantitative estimate of drug-likeness (QED) is 0.685. The summed E-state index contributed by atoms with van der Waals surface area (Å²) in [6.45, 7) is 5.55. The number of hydrogen-bond donors (Lipinski definition) is 2. The molecule has 0 aromatic heterocycles. The average Bonchev–Trinajstić information content (AvgIpc) is 2.73. The minimum Gasteiger partial charge on any atom is -0.366 e. The van der Waals surface area contributed by atoms with Gasteiger partial charge >= 0.3 is 0 Å². The minimum atomic E-state index is -3.57. The number of carbonyl (C=O) groups is 2. The van der Waals surface area contributed by atoms with Gasteiger partial charge in [0.2, 0.25) is 15.9 Å². The van der Waals surface area contributed by atoms with E-state index < -0.39 is 15.9 Å². The second kappa shape index (κ2) is 9.62. The van der Waals surface area contributed by atoms with Crippen LogP contribution in [0.4, 0.5) is 0 Å². The van der Waals surface area contributed by atoms with Crippen molar-refractivity contribution in [3.8, 4) is 0 Å². The van der Waals surface area contributed by atoms with Crippen LogP contribution < -0.4 is 11.1 Å². The maximum Gasteiger partial charge on any atom is 0.251 e. The smallest absolute Gasteiger partial charge is 0.251 e. The van der Waals surface area contributed by atoms with E-state index >= 15 is 0 Å². The number of nitrogens with zero attached hydrogens (tertiary/aromatic N) is 1. The number of hydrogen-bond acceptors (Lipinski definition) is 4. The maximum absolute atomic E-state index is 13.0. The molecule has 2 aromatic carbocycles. The first-order chi connectivity index (χ1) is 14.7. The summed E-state index contributed by atoms with van der Waals surface area (Å²) in [7, 11) is -3.57. The van der Waals surface area contributed by atoms with Crippen molar-refractivity contribution in [1.29, 1.82) is 0 Å². The van der Waals surface area contributed by atoms with Crippen LogP contribution in [0.1, 0.15) is 46.5 Å². The molecule has 3 rings (SSSR count). The molecule has 0 saturated carbocycles. The Balaban J connectivity index is 1.60. The fourth-order valence-corrected chi connectivity index (χ4v) is 5.71. The molecule has 1 fully saturated rings. The molecular formula is C23H29N3O4S. The Bertz CT molecular complexity index is 1040. The number of rotatable bonds is 7. The molecule has 0 radical (unpaired) electrons. The summed E-state index contributed by atoms with van der Waals surface area (Å²) in [5.74, 6) is -0.121. The van der Waals surface area contributed by atoms with Crippen LogP contribution in [-0.2, 0) is 16.4 Å². The first-order valence-corrected chi connectivity index (χ1v) is 11.9. The van der Waals surface area contributed by atoms with Gasteiger partial charge in [0.15, 0.2) is 0 Å². The highest BCUT2D eigenvalue weighted by atomic mass is 32.2. The molecule has 2 amide bonds. The Morgan fingerprint density at radius 1 is 1.03 bits per heavy atom. The fraction of sp³-hybridized carbons (Fsp3) is 0.391. The van der Waals surface area contributed by atoms with Crippen LogP contribution in [0.25, 0.3) is 0 Å². The molecule has 1 aliphatic heterocycles. The summed E-state index contributed by atoms with van der Waals surface area (Å²) in [6.07, 6.45) is 1.57. The summed E-state index contributed by atoms with van der Waals surface area (Å²) in [6, 6.07) is 13.0. The van der Waals surface area contributed by atoms with Crippen molar-refractivity contribution >= 4 is 21.8 Å². The lowest BCUT2D eigenvalue weighted by Gasteiger charge is -2.34. The molecular weight excluding hydrogens is 414 g/mol. The largest absolute Gasteiger partial charge is 0.366 e. The molecule has 166 valence electrons. The molecule has 0 spiro atoms. The summed E-state index contributed by atoms with van der Waals surface area (Å²) >= 11 is 0. The van der Waals surface area contributed by atoms with Gasteiger partial charge in [0.1, 0.15) is 0 Å². The van der Waals surface area contributed by atoms with Crippen molar-refractivity contribution in [2.75, 3.05) is 19.6 Å². The lowest BCUT2D eigenvalue weighted by Crippen LogP contribution is -2.42. The van der Waals surface area contributed by atoms with E-state index in [1.165, 1.54) is 24.3 Å². The van der Waals surface area contributed by atoms with Crippen LogP contribution in [0.15, 0.2) is 53.4 Å². The summed E-state index contributed by atoms with van der Waals surface area (Å²) in [4.78, 5) is 23.9. The van der Waals surface area contributed by atoms with E-state index in [9.17, 15) is 18.0 Å². The van der Waals surface area contributed by atoms with Crippen LogP contribution in [0.3, 0.4) is 0 Å². The van der Waals surface area contributed by atoms with E-state index in [0.29, 0.717) is 49.0 Å². The molecule has 0 bridgehead atoms. The summed E-state index contributed by atoms with van der Waals surface area (Å²) in [5.41, 5.74) is 7.00. The van der Waals surface area contributed by atoms with Crippen molar-refractivity contribution in [2.24, 2.45) is 17.6 Å². The van der Waals surface area contributed by atoms with Crippen molar-refractivity contribution < 1.29 is 18.0 Å². The van der Waals surface area contributed by atoms with Crippen LogP contribution in [0, 0.1) is 11.8 Å². The van der Waals surface area contributed by atoms with Gasteiger partial charge in [-0.15, -0.1) is 0 Å². The first kappa shape index (κ1) is 23.0. The molecule has 1 heterocycles. The predicted molar refractivity (Wildman–Crippen MR) is 119 cm³/mol. The van der Waals surface area contributed by atoms with E-state index in [2.05, 4.69) is 19.2 Å². The van der Waals surface area contributed by atoms with Crippen LogP contribution in [0.2, 0.25) is 0 Å². The Labute approximate surface area is 183 Å². The van der Waals surface area contributed by atoms with Crippen LogP contribution >= 0.6 is 0 Å². The Hall–Kier alpha value is -2.71. The van der Waals surface area contributed by atoms with E-state index in [-0.39, 0.29) is 10.8 Å². The van der Waals surface area contributed by atoms with Gasteiger partial charge in [-0.2, -0.15) is 4.31 Å². The zero-order valence-electron chi connectivity index (χ0n) is 17.9. The molecule has 1 saturated heterocycles. The van der Waals surface area contributed by atoms with Gasteiger partial charge < -0.3 is 11.1 Å². The van der Waals surface area contributed by atoms with Crippen molar-refractivity contribution in [1.82, 2.24) is 9.62 Å². The SMILES string of the molecule is CC1CC(C)CN(S(=O)(=O)c2ccc(C(=O)NCCc3cccc(C(N)=O)c3)cc2)C1. The van der Waals surface area contributed by atoms with Crippen molar-refractivity contribution in [3.05, 3.63) is 65.2 Å². The molecule has 31 heavy (non-hydrogen) atoms. The third kappa shape index (κ3) is 5.71. The monoisotopic (exact) mass is 443 g/mol. The van der Waals surface area contributed by atoms with Crippen LogP contribution in [-0.4, -0.2) is 44.2 Å². The topological polar surface area (TPSA) is 110 Å². The van der Waals surface area contributed by atoms with Crippen molar-refractivity contribution in [2.45, 2.75) is 31.6 Å². The van der Waals surface area contributed by atoms with E-state index in [1.54, 1.807) is 22.5 Å². The van der Waals surface area contributed by atoms with Gasteiger partial charge in [0.05, 0.1) is 4.90 Å². The average molecular weight is 444 g/mol. The van der Waals surface area contributed by atoms with Gasteiger partial charge in [-0.05, 0) is 66.6 Å². The third-order valence-corrected chi connectivity index (χ3v) is 7.35.